The SMILES string of the molecule is N#CCC1(CSC2COC2)CC1. The van der Waals surface area contributed by atoms with Gasteiger partial charge in [0, 0.05) is 12.2 Å². The Bertz CT molecular complexity index is 203. The van der Waals surface area contributed by atoms with E-state index in [1.54, 1.807) is 0 Å². The maximum atomic E-state index is 8.59. The zero-order valence-electron chi connectivity index (χ0n) is 7.08. The summed E-state index contributed by atoms with van der Waals surface area (Å²) in [5.41, 5.74) is 0.412. The summed E-state index contributed by atoms with van der Waals surface area (Å²) in [6.45, 7) is 1.85. The Kier molecular flexibility index (Phi) is 2.29. The Morgan fingerprint density at radius 3 is 2.67 bits per heavy atom. The van der Waals surface area contributed by atoms with Gasteiger partial charge in [0.05, 0.1) is 24.5 Å². The molecular formula is C9H13NOS. The van der Waals surface area contributed by atoms with Gasteiger partial charge in [-0.25, -0.2) is 0 Å². The Balaban J connectivity index is 1.68. The minimum atomic E-state index is 0.412. The van der Waals surface area contributed by atoms with E-state index in [4.69, 9.17) is 10.00 Å². The zero-order chi connectivity index (χ0) is 8.44. The first-order valence-corrected chi connectivity index (χ1v) is 5.46. The lowest BCUT2D eigenvalue weighted by Crippen LogP contribution is -2.31. The number of thioether (sulfide) groups is 1. The van der Waals surface area contributed by atoms with E-state index in [1.807, 2.05) is 11.8 Å². The van der Waals surface area contributed by atoms with Gasteiger partial charge in [-0.1, -0.05) is 0 Å². The van der Waals surface area contributed by atoms with Crippen LogP contribution in [0.4, 0.5) is 0 Å². The average molecular weight is 183 g/mol. The van der Waals surface area contributed by atoms with Crippen molar-refractivity contribution in [2.75, 3.05) is 19.0 Å². The molecule has 2 aliphatic rings. The van der Waals surface area contributed by atoms with E-state index in [0.717, 1.165) is 24.9 Å². The van der Waals surface area contributed by atoms with Crippen molar-refractivity contribution in [1.29, 1.82) is 5.26 Å². The van der Waals surface area contributed by atoms with E-state index in [9.17, 15) is 0 Å². The average Bonchev–Trinajstić information content (AvgIpc) is 2.67. The molecule has 0 aromatic rings. The lowest BCUT2D eigenvalue weighted by atomic mass is 10.1. The normalized spacial score (nSPS) is 25.9. The van der Waals surface area contributed by atoms with Crippen LogP contribution in [0.1, 0.15) is 19.3 Å². The molecular weight excluding hydrogens is 170 g/mol. The van der Waals surface area contributed by atoms with Crippen LogP contribution in [0.2, 0.25) is 0 Å². The Labute approximate surface area is 77.3 Å². The van der Waals surface area contributed by atoms with Crippen molar-refractivity contribution in [2.24, 2.45) is 5.41 Å². The fourth-order valence-corrected chi connectivity index (χ4v) is 2.69. The van der Waals surface area contributed by atoms with Crippen molar-refractivity contribution in [3.63, 3.8) is 0 Å². The van der Waals surface area contributed by atoms with Crippen LogP contribution in [-0.2, 0) is 4.74 Å². The summed E-state index contributed by atoms with van der Waals surface area (Å²) in [6, 6.07) is 2.29. The number of nitrogens with zero attached hydrogens (tertiary/aromatic N) is 1. The summed E-state index contributed by atoms with van der Waals surface area (Å²) < 4.78 is 5.09. The molecule has 0 aromatic carbocycles. The summed E-state index contributed by atoms with van der Waals surface area (Å²) in [5, 5.41) is 9.32. The van der Waals surface area contributed by atoms with Gasteiger partial charge < -0.3 is 4.74 Å². The minimum Gasteiger partial charge on any atom is -0.379 e. The second kappa shape index (κ2) is 3.27. The van der Waals surface area contributed by atoms with Crippen molar-refractivity contribution in [1.82, 2.24) is 0 Å². The predicted octanol–water partition coefficient (Wildman–Crippen LogP) is 1.81. The van der Waals surface area contributed by atoms with Crippen molar-refractivity contribution >= 4 is 11.8 Å². The van der Waals surface area contributed by atoms with Gasteiger partial charge in [-0.15, -0.1) is 0 Å². The van der Waals surface area contributed by atoms with E-state index in [2.05, 4.69) is 6.07 Å². The van der Waals surface area contributed by atoms with Crippen LogP contribution in [0.15, 0.2) is 0 Å². The van der Waals surface area contributed by atoms with E-state index in [0.29, 0.717) is 5.41 Å². The van der Waals surface area contributed by atoms with Crippen molar-refractivity contribution in [3.05, 3.63) is 0 Å². The molecule has 1 aliphatic carbocycles. The van der Waals surface area contributed by atoms with Crippen LogP contribution < -0.4 is 0 Å². The number of hydrogen-bond acceptors (Lipinski definition) is 3. The molecule has 2 rings (SSSR count). The number of hydrogen-bond donors (Lipinski definition) is 0. The number of rotatable bonds is 4. The quantitative estimate of drug-likeness (QED) is 0.666. The number of ether oxygens (including phenoxy) is 1. The van der Waals surface area contributed by atoms with Gasteiger partial charge in [-0.05, 0) is 18.3 Å². The first kappa shape index (κ1) is 8.40. The summed E-state index contributed by atoms with van der Waals surface area (Å²) in [7, 11) is 0. The molecule has 0 bridgehead atoms. The molecule has 0 unspecified atom stereocenters. The highest BCUT2D eigenvalue weighted by molar-refractivity contribution is 8.00. The second-order valence-electron chi connectivity index (χ2n) is 3.81. The molecule has 3 heteroatoms. The van der Waals surface area contributed by atoms with E-state index in [-0.39, 0.29) is 0 Å². The molecule has 66 valence electrons. The third-order valence-electron chi connectivity index (χ3n) is 2.64. The molecule has 0 amide bonds. The number of nitriles is 1. The molecule has 1 aliphatic heterocycles. The molecule has 0 atom stereocenters. The molecule has 1 saturated carbocycles. The highest BCUT2D eigenvalue weighted by atomic mass is 32.2. The van der Waals surface area contributed by atoms with Gasteiger partial charge in [0.2, 0.25) is 0 Å². The van der Waals surface area contributed by atoms with Gasteiger partial charge in [0.15, 0.2) is 0 Å². The summed E-state index contributed by atoms with van der Waals surface area (Å²) in [5.74, 6) is 1.18. The van der Waals surface area contributed by atoms with Gasteiger partial charge >= 0.3 is 0 Å². The van der Waals surface area contributed by atoms with Gasteiger partial charge in [-0.3, -0.25) is 0 Å². The zero-order valence-corrected chi connectivity index (χ0v) is 7.90. The van der Waals surface area contributed by atoms with E-state index >= 15 is 0 Å². The van der Waals surface area contributed by atoms with Crippen LogP contribution in [0.3, 0.4) is 0 Å². The van der Waals surface area contributed by atoms with Crippen molar-refractivity contribution < 1.29 is 4.74 Å². The topological polar surface area (TPSA) is 33.0 Å². The molecule has 0 spiro atoms. The highest BCUT2D eigenvalue weighted by Crippen LogP contribution is 2.51. The molecule has 2 fully saturated rings. The standard InChI is InChI=1S/C9H13NOS/c10-4-3-9(1-2-9)7-12-8-5-11-6-8/h8H,1-3,5-7H2. The summed E-state index contributed by atoms with van der Waals surface area (Å²) >= 11 is 2.00. The first-order chi connectivity index (χ1) is 5.85. The van der Waals surface area contributed by atoms with Crippen molar-refractivity contribution in [2.45, 2.75) is 24.5 Å². The summed E-state index contributed by atoms with van der Waals surface area (Å²) in [6.07, 6.45) is 3.29. The van der Waals surface area contributed by atoms with Crippen LogP contribution in [0.25, 0.3) is 0 Å². The molecule has 0 aromatic heterocycles. The third-order valence-corrected chi connectivity index (χ3v) is 4.17. The molecule has 2 nitrogen and oxygen atoms in total. The Hall–Kier alpha value is -0.200. The fraction of sp³-hybridized carbons (Fsp3) is 0.889. The van der Waals surface area contributed by atoms with E-state index < -0.39 is 0 Å². The largest absolute Gasteiger partial charge is 0.379 e. The van der Waals surface area contributed by atoms with Crippen molar-refractivity contribution in [3.8, 4) is 6.07 Å². The molecule has 1 heterocycles. The lowest BCUT2D eigenvalue weighted by molar-refractivity contribution is 0.0454. The predicted molar refractivity (Wildman–Crippen MR) is 49.0 cm³/mol. The molecule has 0 N–H and O–H groups in total. The lowest BCUT2D eigenvalue weighted by Gasteiger charge is -2.26. The second-order valence-corrected chi connectivity index (χ2v) is 5.09. The fourth-order valence-electron chi connectivity index (χ4n) is 1.32. The van der Waals surface area contributed by atoms with E-state index in [1.165, 1.54) is 18.6 Å². The highest BCUT2D eigenvalue weighted by Gasteiger charge is 2.43. The molecule has 0 radical (unpaired) electrons. The Morgan fingerprint density at radius 1 is 1.50 bits per heavy atom. The van der Waals surface area contributed by atoms with Crippen LogP contribution in [-0.4, -0.2) is 24.2 Å². The van der Waals surface area contributed by atoms with Crippen LogP contribution in [0, 0.1) is 16.7 Å². The smallest absolute Gasteiger partial charge is 0.0627 e. The maximum Gasteiger partial charge on any atom is 0.0627 e. The Morgan fingerprint density at radius 2 is 2.25 bits per heavy atom. The first-order valence-electron chi connectivity index (χ1n) is 4.41. The van der Waals surface area contributed by atoms with Gasteiger partial charge in [-0.2, -0.15) is 17.0 Å². The summed E-state index contributed by atoms with van der Waals surface area (Å²) in [4.78, 5) is 0. The van der Waals surface area contributed by atoms with Crippen LogP contribution >= 0.6 is 11.8 Å². The van der Waals surface area contributed by atoms with Crippen LogP contribution in [0.5, 0.6) is 0 Å². The monoisotopic (exact) mass is 183 g/mol. The van der Waals surface area contributed by atoms with Gasteiger partial charge in [0.25, 0.3) is 0 Å². The third kappa shape index (κ3) is 1.75. The molecule has 1 saturated heterocycles. The molecule has 12 heavy (non-hydrogen) atoms. The van der Waals surface area contributed by atoms with Gasteiger partial charge in [0.1, 0.15) is 0 Å². The minimum absolute atomic E-state index is 0.412. The maximum absolute atomic E-state index is 8.59.